The third-order valence-electron chi connectivity index (χ3n) is 11.3. The van der Waals surface area contributed by atoms with E-state index in [0.717, 1.165) is 76.7 Å². The maximum atomic E-state index is 15.3. The van der Waals surface area contributed by atoms with Crippen molar-refractivity contribution in [3.05, 3.63) is 199 Å². The van der Waals surface area contributed by atoms with Crippen LogP contribution >= 0.6 is 7.14 Å². The van der Waals surface area contributed by atoms with Crippen molar-refractivity contribution >= 4 is 66.4 Å². The van der Waals surface area contributed by atoms with Crippen molar-refractivity contribution in [3.8, 4) is 33.6 Å². The van der Waals surface area contributed by atoms with Crippen molar-refractivity contribution in [2.24, 2.45) is 0 Å². The molecule has 0 unspecified atom stereocenters. The third kappa shape index (κ3) is 5.39. The van der Waals surface area contributed by atoms with Crippen LogP contribution in [-0.2, 0) is 4.57 Å². The smallest absolute Gasteiger partial charge is 0.171 e. The molecule has 0 aliphatic carbocycles. The lowest BCUT2D eigenvalue weighted by atomic mass is 9.85. The highest BCUT2D eigenvalue weighted by Crippen LogP contribution is 2.46. The Bertz CT molecular complexity index is 3120. The zero-order chi connectivity index (χ0) is 37.8. The lowest BCUT2D eigenvalue weighted by Crippen LogP contribution is -2.25. The van der Waals surface area contributed by atoms with Gasteiger partial charge in [0.15, 0.2) is 7.14 Å². The Hall–Kier alpha value is -6.67. The first kappa shape index (κ1) is 33.9. The molecule has 4 heteroatoms. The Morgan fingerprint density at radius 1 is 0.357 bits per heavy atom. The molecule has 0 saturated heterocycles. The van der Waals surface area contributed by atoms with Crippen molar-refractivity contribution < 1.29 is 4.57 Å². The molecule has 0 aliphatic heterocycles. The van der Waals surface area contributed by atoms with Gasteiger partial charge in [0.05, 0.1) is 22.4 Å². The topological polar surface area (TPSA) is 42.9 Å². The average Bonchev–Trinajstić information content (AvgIpc) is 3.27. The molecule has 0 N–H and O–H groups in total. The highest BCUT2D eigenvalue weighted by atomic mass is 31.2. The molecule has 0 atom stereocenters. The quantitative estimate of drug-likeness (QED) is 0.0970. The molecule has 0 bridgehead atoms. The zero-order valence-electron chi connectivity index (χ0n) is 31.1. The van der Waals surface area contributed by atoms with E-state index in [9.17, 15) is 0 Å². The SMILES string of the molecule is Cc1c2c(-c3ccccc3)nc3cc(-c4cccc(P(=O)(c5ccccc5)c5ccccc5)c4)ccc3c2c(C)c2c(-c3ccccc3)nc3ccccc3c12. The maximum Gasteiger partial charge on any atom is 0.171 e. The standard InChI is InChI=1S/C52H37N2OP/c1-34-47-43-28-15-16-29-45(43)53-51(36-18-7-3-8-19-36)49(47)35(2)48-44-31-30-39(33-46(44)54-52(50(34)48)37-20-9-4-10-21-37)38-22-17-27-42(32-38)56(55,40-23-11-5-12-24-40)41-25-13-6-14-26-41/h3-33H,1-2H3. The van der Waals surface area contributed by atoms with Gasteiger partial charge in [0.2, 0.25) is 0 Å². The van der Waals surface area contributed by atoms with E-state index in [1.54, 1.807) is 0 Å². The van der Waals surface area contributed by atoms with Crippen molar-refractivity contribution in [1.82, 2.24) is 9.97 Å². The molecule has 0 fully saturated rings. The normalized spacial score (nSPS) is 11.8. The summed E-state index contributed by atoms with van der Waals surface area (Å²) in [7, 11) is -3.16. The molecule has 266 valence electrons. The van der Waals surface area contributed by atoms with Gasteiger partial charge < -0.3 is 4.57 Å². The van der Waals surface area contributed by atoms with Gasteiger partial charge in [0.1, 0.15) is 0 Å². The third-order valence-corrected chi connectivity index (χ3v) is 14.3. The number of aromatic nitrogens is 2. The number of benzene rings is 8. The largest absolute Gasteiger partial charge is 0.309 e. The van der Waals surface area contributed by atoms with Crippen molar-refractivity contribution in [3.63, 3.8) is 0 Å². The van der Waals surface area contributed by atoms with Crippen LogP contribution in [0.15, 0.2) is 188 Å². The molecule has 0 radical (unpaired) electrons. The summed E-state index contributed by atoms with van der Waals surface area (Å²) in [5, 5.41) is 9.39. The molecule has 0 spiro atoms. The molecule has 10 rings (SSSR count). The summed E-state index contributed by atoms with van der Waals surface area (Å²) in [4.78, 5) is 10.9. The highest BCUT2D eigenvalue weighted by molar-refractivity contribution is 7.85. The minimum absolute atomic E-state index is 0.801. The Labute approximate surface area is 326 Å². The lowest BCUT2D eigenvalue weighted by Gasteiger charge is -2.21. The molecule has 8 aromatic carbocycles. The first-order chi connectivity index (χ1) is 27.5. The van der Waals surface area contributed by atoms with Crippen LogP contribution < -0.4 is 15.9 Å². The fourth-order valence-corrected chi connectivity index (χ4v) is 11.3. The Morgan fingerprint density at radius 3 is 1.36 bits per heavy atom. The molecular formula is C52H37N2OP. The first-order valence-corrected chi connectivity index (χ1v) is 20.7. The van der Waals surface area contributed by atoms with Crippen molar-refractivity contribution in [2.75, 3.05) is 0 Å². The molecule has 0 amide bonds. The molecule has 0 saturated carbocycles. The van der Waals surface area contributed by atoms with Gasteiger partial charge in [-0.3, -0.25) is 0 Å². The Balaban J connectivity index is 1.26. The number of hydrogen-bond donors (Lipinski definition) is 0. The van der Waals surface area contributed by atoms with Gasteiger partial charge in [-0.05, 0) is 65.1 Å². The second kappa shape index (κ2) is 13.6. The van der Waals surface area contributed by atoms with E-state index < -0.39 is 7.14 Å². The predicted molar refractivity (Wildman–Crippen MR) is 237 cm³/mol. The van der Waals surface area contributed by atoms with E-state index in [1.165, 1.54) is 27.3 Å². The number of para-hydroxylation sites is 1. The maximum absolute atomic E-state index is 15.3. The minimum Gasteiger partial charge on any atom is -0.309 e. The summed E-state index contributed by atoms with van der Waals surface area (Å²) in [5.41, 5.74) is 10.4. The van der Waals surface area contributed by atoms with E-state index in [2.05, 4.69) is 129 Å². The molecule has 0 aliphatic rings. The second-order valence-electron chi connectivity index (χ2n) is 14.5. The monoisotopic (exact) mass is 736 g/mol. The summed E-state index contributed by atoms with van der Waals surface area (Å²) in [6.07, 6.45) is 0. The molecule has 56 heavy (non-hydrogen) atoms. The zero-order valence-corrected chi connectivity index (χ0v) is 32.0. The molecule has 2 heterocycles. The van der Waals surface area contributed by atoms with Gasteiger partial charge in [-0.25, -0.2) is 9.97 Å². The van der Waals surface area contributed by atoms with Crippen LogP contribution in [0.5, 0.6) is 0 Å². The van der Waals surface area contributed by atoms with Crippen LogP contribution in [0.1, 0.15) is 11.1 Å². The van der Waals surface area contributed by atoms with Gasteiger partial charge >= 0.3 is 0 Å². The minimum atomic E-state index is -3.16. The summed E-state index contributed by atoms with van der Waals surface area (Å²) < 4.78 is 15.3. The van der Waals surface area contributed by atoms with Crippen LogP contribution in [-0.4, -0.2) is 9.97 Å². The highest BCUT2D eigenvalue weighted by Gasteiger charge is 2.30. The van der Waals surface area contributed by atoms with Gasteiger partial charge in [0, 0.05) is 48.6 Å². The number of rotatable bonds is 6. The van der Waals surface area contributed by atoms with Gasteiger partial charge in [-0.1, -0.05) is 170 Å². The summed E-state index contributed by atoms with van der Waals surface area (Å²) in [5.74, 6) is 0. The van der Waals surface area contributed by atoms with Crippen molar-refractivity contribution in [1.29, 1.82) is 0 Å². The number of aryl methyl sites for hydroxylation is 2. The number of fused-ring (bicyclic) bond motifs is 6. The lowest BCUT2D eigenvalue weighted by molar-refractivity contribution is 0.592. The first-order valence-electron chi connectivity index (χ1n) is 19.0. The molecule has 10 aromatic rings. The average molecular weight is 737 g/mol. The number of pyridine rings is 2. The van der Waals surface area contributed by atoms with Crippen LogP contribution in [0.3, 0.4) is 0 Å². The van der Waals surface area contributed by atoms with E-state index in [4.69, 9.17) is 9.97 Å². The fraction of sp³-hybridized carbons (Fsp3) is 0.0385. The van der Waals surface area contributed by atoms with Crippen LogP contribution in [0.2, 0.25) is 0 Å². The van der Waals surface area contributed by atoms with Crippen LogP contribution in [0.25, 0.3) is 77.0 Å². The fourth-order valence-electron chi connectivity index (χ4n) is 8.63. The summed E-state index contributed by atoms with van der Waals surface area (Å²) in [6, 6.07) is 64.2. The Kier molecular flexibility index (Phi) is 8.20. The Morgan fingerprint density at radius 2 is 0.786 bits per heavy atom. The number of nitrogens with zero attached hydrogens (tertiary/aromatic N) is 2. The predicted octanol–water partition coefficient (Wildman–Crippen LogP) is 12.3. The van der Waals surface area contributed by atoms with Crippen LogP contribution in [0.4, 0.5) is 0 Å². The summed E-state index contributed by atoms with van der Waals surface area (Å²) >= 11 is 0. The van der Waals surface area contributed by atoms with Gasteiger partial charge in [-0.15, -0.1) is 0 Å². The van der Waals surface area contributed by atoms with Crippen molar-refractivity contribution in [2.45, 2.75) is 13.8 Å². The van der Waals surface area contributed by atoms with E-state index in [-0.39, 0.29) is 0 Å². The van der Waals surface area contributed by atoms with Gasteiger partial charge in [0.25, 0.3) is 0 Å². The van der Waals surface area contributed by atoms with Gasteiger partial charge in [-0.2, -0.15) is 0 Å². The molecule has 3 nitrogen and oxygen atoms in total. The van der Waals surface area contributed by atoms with E-state index in [0.29, 0.717) is 0 Å². The van der Waals surface area contributed by atoms with E-state index in [1.807, 2.05) is 72.8 Å². The summed E-state index contributed by atoms with van der Waals surface area (Å²) in [6.45, 7) is 4.51. The van der Waals surface area contributed by atoms with Crippen LogP contribution in [0, 0.1) is 13.8 Å². The molecular weight excluding hydrogens is 700 g/mol. The second-order valence-corrected chi connectivity index (χ2v) is 17.3. The number of hydrogen-bond acceptors (Lipinski definition) is 3. The molecule has 2 aromatic heterocycles. The van der Waals surface area contributed by atoms with E-state index >= 15 is 4.57 Å².